The number of hydrogen-bond donors (Lipinski definition) is 1. The second kappa shape index (κ2) is 8.46. The molecule has 1 unspecified atom stereocenters. The maximum atomic E-state index is 5.46. The van der Waals surface area contributed by atoms with Crippen molar-refractivity contribution in [2.24, 2.45) is 4.99 Å². The SMILES string of the molecule is CN=C(NCCc1ccc(Br)s1)N1CCC(N2CCOCC2)C1. The number of ether oxygens (including phenoxy) is 1. The number of likely N-dealkylation sites (tertiary alicyclic amines) is 1. The minimum atomic E-state index is 0.644. The van der Waals surface area contributed by atoms with E-state index in [2.05, 4.69) is 48.2 Å². The smallest absolute Gasteiger partial charge is 0.193 e. The van der Waals surface area contributed by atoms with E-state index in [1.54, 1.807) is 11.3 Å². The summed E-state index contributed by atoms with van der Waals surface area (Å²) in [5, 5.41) is 3.52. The largest absolute Gasteiger partial charge is 0.379 e. The lowest BCUT2D eigenvalue weighted by molar-refractivity contribution is 0.0195. The molecule has 1 N–H and O–H groups in total. The van der Waals surface area contributed by atoms with E-state index in [4.69, 9.17) is 4.74 Å². The fourth-order valence-electron chi connectivity index (χ4n) is 3.29. The molecule has 2 aliphatic heterocycles. The Morgan fingerprint density at radius 2 is 2.22 bits per heavy atom. The molecule has 0 aromatic carbocycles. The molecule has 0 spiro atoms. The molecule has 3 heterocycles. The molecule has 7 heteroatoms. The van der Waals surface area contributed by atoms with Crippen LogP contribution in [0.25, 0.3) is 0 Å². The van der Waals surface area contributed by atoms with Gasteiger partial charge in [0.2, 0.25) is 0 Å². The van der Waals surface area contributed by atoms with Gasteiger partial charge in [-0.1, -0.05) is 0 Å². The summed E-state index contributed by atoms with van der Waals surface area (Å²) in [6.07, 6.45) is 2.26. The summed E-state index contributed by atoms with van der Waals surface area (Å²) in [5.41, 5.74) is 0. The van der Waals surface area contributed by atoms with Crippen molar-refractivity contribution in [1.82, 2.24) is 15.1 Å². The fraction of sp³-hybridized carbons (Fsp3) is 0.688. The van der Waals surface area contributed by atoms with Crippen molar-refractivity contribution in [2.45, 2.75) is 18.9 Å². The number of thiophene rings is 1. The van der Waals surface area contributed by atoms with Crippen LogP contribution < -0.4 is 5.32 Å². The zero-order valence-electron chi connectivity index (χ0n) is 13.6. The van der Waals surface area contributed by atoms with E-state index in [-0.39, 0.29) is 0 Å². The van der Waals surface area contributed by atoms with Crippen LogP contribution in [0.5, 0.6) is 0 Å². The lowest BCUT2D eigenvalue weighted by atomic mass is 10.2. The van der Waals surface area contributed by atoms with Gasteiger partial charge in [0.1, 0.15) is 0 Å². The van der Waals surface area contributed by atoms with Crippen molar-refractivity contribution in [3.63, 3.8) is 0 Å². The van der Waals surface area contributed by atoms with Gasteiger partial charge in [-0.3, -0.25) is 9.89 Å². The Kier molecular flexibility index (Phi) is 6.33. The molecule has 2 saturated heterocycles. The molecule has 0 radical (unpaired) electrons. The summed E-state index contributed by atoms with van der Waals surface area (Å²) in [4.78, 5) is 10.8. The third-order valence-corrected chi connectivity index (χ3v) is 6.20. The Bertz CT molecular complexity index is 530. The van der Waals surface area contributed by atoms with Crippen LogP contribution in [0.2, 0.25) is 0 Å². The van der Waals surface area contributed by atoms with Gasteiger partial charge in [0.15, 0.2) is 5.96 Å². The summed E-state index contributed by atoms with van der Waals surface area (Å²) in [7, 11) is 1.88. The van der Waals surface area contributed by atoms with Crippen molar-refractivity contribution in [2.75, 3.05) is 53.0 Å². The van der Waals surface area contributed by atoms with E-state index < -0.39 is 0 Å². The molecular formula is C16H25BrN4OS. The van der Waals surface area contributed by atoms with Gasteiger partial charge in [-0.25, -0.2) is 0 Å². The Morgan fingerprint density at radius 3 is 2.91 bits per heavy atom. The molecule has 0 amide bonds. The average Bonchev–Trinajstić information content (AvgIpc) is 3.22. The fourth-order valence-corrected chi connectivity index (χ4v) is 4.77. The normalized spacial score (nSPS) is 23.5. The molecule has 1 aromatic heterocycles. The maximum Gasteiger partial charge on any atom is 0.193 e. The molecule has 1 aromatic rings. The number of nitrogens with one attached hydrogen (secondary N) is 1. The van der Waals surface area contributed by atoms with E-state index in [0.29, 0.717) is 6.04 Å². The number of morpholine rings is 1. The standard InChI is InChI=1S/C16H25BrN4OS/c1-18-16(19-6-4-14-2-3-15(17)23-14)21-7-5-13(12-21)20-8-10-22-11-9-20/h2-3,13H,4-12H2,1H3,(H,18,19). The molecule has 2 fully saturated rings. The van der Waals surface area contributed by atoms with Gasteiger partial charge >= 0.3 is 0 Å². The van der Waals surface area contributed by atoms with Gasteiger partial charge in [0, 0.05) is 50.7 Å². The second-order valence-corrected chi connectivity index (χ2v) is 8.51. The Labute approximate surface area is 150 Å². The van der Waals surface area contributed by atoms with Crippen LogP contribution in [0.3, 0.4) is 0 Å². The van der Waals surface area contributed by atoms with Crippen molar-refractivity contribution in [3.8, 4) is 0 Å². The lowest BCUT2D eigenvalue weighted by Crippen LogP contribution is -2.46. The van der Waals surface area contributed by atoms with Gasteiger partial charge < -0.3 is 15.0 Å². The van der Waals surface area contributed by atoms with Crippen LogP contribution in [0.1, 0.15) is 11.3 Å². The molecule has 0 aliphatic carbocycles. The molecule has 23 heavy (non-hydrogen) atoms. The first-order valence-electron chi connectivity index (χ1n) is 8.28. The number of nitrogens with zero attached hydrogens (tertiary/aromatic N) is 3. The second-order valence-electron chi connectivity index (χ2n) is 5.97. The van der Waals surface area contributed by atoms with Crippen LogP contribution >= 0.6 is 27.3 Å². The lowest BCUT2D eigenvalue weighted by Gasteiger charge is -2.32. The van der Waals surface area contributed by atoms with Gasteiger partial charge in [-0.15, -0.1) is 11.3 Å². The van der Waals surface area contributed by atoms with Crippen LogP contribution in [-0.4, -0.2) is 74.8 Å². The van der Waals surface area contributed by atoms with Gasteiger partial charge in [-0.05, 0) is 40.9 Å². The van der Waals surface area contributed by atoms with E-state index in [9.17, 15) is 0 Å². The van der Waals surface area contributed by atoms with Crippen LogP contribution in [-0.2, 0) is 11.2 Å². The summed E-state index contributed by atoms with van der Waals surface area (Å²) in [5.74, 6) is 1.04. The summed E-state index contributed by atoms with van der Waals surface area (Å²) in [6.45, 7) is 6.98. The third kappa shape index (κ3) is 4.68. The number of aliphatic imine (C=N–C) groups is 1. The Morgan fingerprint density at radius 1 is 1.39 bits per heavy atom. The molecule has 3 rings (SSSR count). The molecule has 0 bridgehead atoms. The van der Waals surface area contributed by atoms with E-state index in [0.717, 1.165) is 58.3 Å². The molecular weight excluding hydrogens is 376 g/mol. The van der Waals surface area contributed by atoms with Crippen LogP contribution in [0, 0.1) is 0 Å². The monoisotopic (exact) mass is 400 g/mol. The first-order chi connectivity index (χ1) is 11.3. The van der Waals surface area contributed by atoms with Crippen molar-refractivity contribution < 1.29 is 4.74 Å². The topological polar surface area (TPSA) is 40.1 Å². The summed E-state index contributed by atoms with van der Waals surface area (Å²) < 4.78 is 6.66. The van der Waals surface area contributed by atoms with Crippen molar-refractivity contribution in [3.05, 3.63) is 20.8 Å². The highest BCUT2D eigenvalue weighted by atomic mass is 79.9. The van der Waals surface area contributed by atoms with Gasteiger partial charge in [0.25, 0.3) is 0 Å². The Hall–Kier alpha value is -0.630. The van der Waals surface area contributed by atoms with E-state index in [1.165, 1.54) is 15.1 Å². The quantitative estimate of drug-likeness (QED) is 0.619. The first kappa shape index (κ1) is 17.2. The van der Waals surface area contributed by atoms with Crippen LogP contribution in [0.4, 0.5) is 0 Å². The predicted molar refractivity (Wildman–Crippen MR) is 99.5 cm³/mol. The molecule has 0 saturated carbocycles. The molecule has 1 atom stereocenters. The van der Waals surface area contributed by atoms with Gasteiger partial charge in [0.05, 0.1) is 17.0 Å². The van der Waals surface area contributed by atoms with Gasteiger partial charge in [-0.2, -0.15) is 0 Å². The molecule has 2 aliphatic rings. The van der Waals surface area contributed by atoms with E-state index in [1.807, 2.05) is 7.05 Å². The summed E-state index contributed by atoms with van der Waals surface area (Å²) >= 11 is 5.32. The number of rotatable bonds is 4. The zero-order valence-corrected chi connectivity index (χ0v) is 16.0. The van der Waals surface area contributed by atoms with Crippen LogP contribution in [0.15, 0.2) is 20.9 Å². The average molecular weight is 401 g/mol. The highest BCUT2D eigenvalue weighted by molar-refractivity contribution is 9.11. The zero-order chi connectivity index (χ0) is 16.1. The van der Waals surface area contributed by atoms with Crippen molar-refractivity contribution >= 4 is 33.2 Å². The molecule has 128 valence electrons. The predicted octanol–water partition coefficient (Wildman–Crippen LogP) is 2.04. The minimum Gasteiger partial charge on any atom is -0.379 e. The highest BCUT2D eigenvalue weighted by Crippen LogP contribution is 2.22. The third-order valence-electron chi connectivity index (χ3n) is 4.52. The first-order valence-corrected chi connectivity index (χ1v) is 9.89. The highest BCUT2D eigenvalue weighted by Gasteiger charge is 2.30. The Balaban J connectivity index is 1.45. The molecule has 5 nitrogen and oxygen atoms in total. The number of halogens is 1. The maximum absolute atomic E-state index is 5.46. The number of guanidine groups is 1. The minimum absolute atomic E-state index is 0.644. The number of hydrogen-bond acceptors (Lipinski definition) is 4. The van der Waals surface area contributed by atoms with E-state index >= 15 is 0 Å². The summed E-state index contributed by atoms with van der Waals surface area (Å²) in [6, 6.07) is 4.94. The van der Waals surface area contributed by atoms with Crippen molar-refractivity contribution in [1.29, 1.82) is 0 Å².